The van der Waals surface area contributed by atoms with Crippen molar-refractivity contribution >= 4 is 29.9 Å². The normalized spacial score (nSPS) is 17.7. The monoisotopic (exact) mass is 476 g/mol. The van der Waals surface area contributed by atoms with Crippen LogP contribution in [-0.4, -0.2) is 54.8 Å². The first kappa shape index (κ1) is 22.8. The molecule has 1 atom stereocenters. The first-order chi connectivity index (χ1) is 12.2. The lowest BCUT2D eigenvalue weighted by atomic mass is 10.2. The molecule has 0 saturated carbocycles. The lowest BCUT2D eigenvalue weighted by molar-refractivity contribution is 0.267. The number of hydrogen-bond acceptors (Lipinski definition) is 4. The van der Waals surface area contributed by atoms with E-state index in [4.69, 9.17) is 4.74 Å². The standard InChI is InChI=1S/C19H32N4O2.HI/c1-4-20-19(22-14-16-8-7-11-23(16)5-2)21-13-15-9-10-17(24)18(12-15)25-6-3;/h9-10,12,16,24H,4-8,11,13-14H2,1-3H3,(H2,20,21,22);1H. The average Bonchev–Trinajstić information content (AvgIpc) is 3.07. The van der Waals surface area contributed by atoms with Crippen molar-refractivity contribution in [2.45, 2.75) is 46.2 Å². The second-order valence-corrected chi connectivity index (χ2v) is 6.24. The average molecular weight is 476 g/mol. The van der Waals surface area contributed by atoms with E-state index in [1.165, 1.54) is 19.4 Å². The van der Waals surface area contributed by atoms with E-state index < -0.39 is 0 Å². The molecule has 0 amide bonds. The summed E-state index contributed by atoms with van der Waals surface area (Å²) in [6.45, 7) is 11.3. The molecule has 1 unspecified atom stereocenters. The minimum absolute atomic E-state index is 0. The van der Waals surface area contributed by atoms with Gasteiger partial charge in [-0.1, -0.05) is 13.0 Å². The number of phenols is 1. The van der Waals surface area contributed by atoms with Crippen LogP contribution in [-0.2, 0) is 6.54 Å². The molecule has 6 nitrogen and oxygen atoms in total. The van der Waals surface area contributed by atoms with E-state index in [-0.39, 0.29) is 29.7 Å². The number of benzene rings is 1. The van der Waals surface area contributed by atoms with Crippen molar-refractivity contribution in [3.8, 4) is 11.5 Å². The SMILES string of the molecule is CCNC(=NCc1ccc(O)c(OCC)c1)NCC1CCCN1CC.I. The highest BCUT2D eigenvalue weighted by molar-refractivity contribution is 14.0. The van der Waals surface area contributed by atoms with E-state index in [1.54, 1.807) is 6.07 Å². The summed E-state index contributed by atoms with van der Waals surface area (Å²) in [5, 5.41) is 16.6. The molecule has 7 heteroatoms. The molecule has 1 aliphatic rings. The Hall–Kier alpha value is -1.22. The molecule has 0 aliphatic carbocycles. The molecular formula is C19H33IN4O2. The maximum absolute atomic E-state index is 9.79. The Labute approximate surface area is 174 Å². The highest BCUT2D eigenvalue weighted by atomic mass is 127. The lowest BCUT2D eigenvalue weighted by Gasteiger charge is -2.24. The maximum Gasteiger partial charge on any atom is 0.191 e. The fourth-order valence-electron chi connectivity index (χ4n) is 3.20. The first-order valence-corrected chi connectivity index (χ1v) is 9.38. The molecule has 3 N–H and O–H groups in total. The Morgan fingerprint density at radius 3 is 2.81 bits per heavy atom. The summed E-state index contributed by atoms with van der Waals surface area (Å²) in [7, 11) is 0. The quantitative estimate of drug-likeness (QED) is 0.306. The second kappa shape index (κ2) is 12.2. The van der Waals surface area contributed by atoms with Crippen LogP contribution in [0.2, 0.25) is 0 Å². The van der Waals surface area contributed by atoms with E-state index in [1.807, 2.05) is 19.1 Å². The zero-order valence-corrected chi connectivity index (χ0v) is 18.5. The molecule has 148 valence electrons. The summed E-state index contributed by atoms with van der Waals surface area (Å²) in [4.78, 5) is 7.18. The molecule has 1 aromatic carbocycles. The van der Waals surface area contributed by atoms with Gasteiger partial charge in [0.1, 0.15) is 0 Å². The van der Waals surface area contributed by atoms with Crippen molar-refractivity contribution in [1.82, 2.24) is 15.5 Å². The number of halogens is 1. The molecule has 0 aromatic heterocycles. The minimum atomic E-state index is 0. The maximum atomic E-state index is 9.79. The van der Waals surface area contributed by atoms with Gasteiger partial charge in [-0.2, -0.15) is 0 Å². The van der Waals surface area contributed by atoms with Crippen molar-refractivity contribution in [2.24, 2.45) is 4.99 Å². The molecule has 1 saturated heterocycles. The molecule has 0 radical (unpaired) electrons. The number of nitrogens with zero attached hydrogens (tertiary/aromatic N) is 2. The van der Waals surface area contributed by atoms with Crippen LogP contribution >= 0.6 is 24.0 Å². The van der Waals surface area contributed by atoms with Crippen molar-refractivity contribution in [3.63, 3.8) is 0 Å². The fraction of sp³-hybridized carbons (Fsp3) is 0.632. The molecule has 26 heavy (non-hydrogen) atoms. The zero-order chi connectivity index (χ0) is 18.1. The summed E-state index contributed by atoms with van der Waals surface area (Å²) >= 11 is 0. The topological polar surface area (TPSA) is 69.1 Å². The number of aromatic hydroxyl groups is 1. The zero-order valence-electron chi connectivity index (χ0n) is 16.1. The van der Waals surface area contributed by atoms with Gasteiger partial charge < -0.3 is 20.5 Å². The van der Waals surface area contributed by atoms with Gasteiger partial charge in [0, 0.05) is 19.1 Å². The van der Waals surface area contributed by atoms with Crippen molar-refractivity contribution in [3.05, 3.63) is 23.8 Å². The van der Waals surface area contributed by atoms with Crippen molar-refractivity contribution in [1.29, 1.82) is 0 Å². The number of aliphatic imine (C=N–C) groups is 1. The second-order valence-electron chi connectivity index (χ2n) is 6.24. The number of nitrogens with one attached hydrogen (secondary N) is 2. The number of likely N-dealkylation sites (N-methyl/N-ethyl adjacent to an activating group) is 1. The summed E-state index contributed by atoms with van der Waals surface area (Å²) in [5.74, 6) is 1.51. The van der Waals surface area contributed by atoms with Gasteiger partial charge in [0.15, 0.2) is 17.5 Å². The van der Waals surface area contributed by atoms with Gasteiger partial charge in [-0.25, -0.2) is 4.99 Å². The van der Waals surface area contributed by atoms with Crippen LogP contribution in [0, 0.1) is 0 Å². The molecular weight excluding hydrogens is 443 g/mol. The van der Waals surface area contributed by atoms with Crippen LogP contribution in [0.3, 0.4) is 0 Å². The van der Waals surface area contributed by atoms with E-state index in [0.29, 0.717) is 24.9 Å². The number of guanidine groups is 1. The molecule has 0 spiro atoms. The van der Waals surface area contributed by atoms with Gasteiger partial charge in [0.05, 0.1) is 13.2 Å². The van der Waals surface area contributed by atoms with Gasteiger partial charge in [0.25, 0.3) is 0 Å². The highest BCUT2D eigenvalue weighted by Gasteiger charge is 2.22. The third-order valence-electron chi connectivity index (χ3n) is 4.50. The van der Waals surface area contributed by atoms with Crippen LogP contribution < -0.4 is 15.4 Å². The Balaban J connectivity index is 0.00000338. The van der Waals surface area contributed by atoms with Crippen LogP contribution in [0.1, 0.15) is 39.2 Å². The van der Waals surface area contributed by atoms with E-state index >= 15 is 0 Å². The predicted molar refractivity (Wildman–Crippen MR) is 118 cm³/mol. The Bertz CT molecular complexity index is 568. The molecule has 1 heterocycles. The summed E-state index contributed by atoms with van der Waals surface area (Å²) < 4.78 is 5.44. The number of hydrogen-bond donors (Lipinski definition) is 3. The van der Waals surface area contributed by atoms with E-state index in [0.717, 1.165) is 31.2 Å². The smallest absolute Gasteiger partial charge is 0.191 e. The highest BCUT2D eigenvalue weighted by Crippen LogP contribution is 2.27. The molecule has 0 bridgehead atoms. The minimum Gasteiger partial charge on any atom is -0.504 e. The van der Waals surface area contributed by atoms with E-state index in [2.05, 4.69) is 34.4 Å². The number of ether oxygens (including phenoxy) is 1. The predicted octanol–water partition coefficient (Wildman–Crippen LogP) is 2.95. The van der Waals surface area contributed by atoms with Crippen LogP contribution in [0.5, 0.6) is 11.5 Å². The Morgan fingerprint density at radius 1 is 1.31 bits per heavy atom. The Kier molecular flexibility index (Phi) is 10.7. The van der Waals surface area contributed by atoms with Crippen molar-refractivity contribution in [2.75, 3.05) is 32.8 Å². The van der Waals surface area contributed by atoms with Gasteiger partial charge >= 0.3 is 0 Å². The molecule has 2 rings (SSSR count). The fourth-order valence-corrected chi connectivity index (χ4v) is 3.20. The van der Waals surface area contributed by atoms with Crippen LogP contribution in [0.4, 0.5) is 0 Å². The summed E-state index contributed by atoms with van der Waals surface area (Å²) in [5.41, 5.74) is 1.01. The van der Waals surface area contributed by atoms with Crippen LogP contribution in [0.25, 0.3) is 0 Å². The largest absolute Gasteiger partial charge is 0.504 e. The molecule has 1 aliphatic heterocycles. The lowest BCUT2D eigenvalue weighted by Crippen LogP contribution is -2.44. The third kappa shape index (κ3) is 6.83. The summed E-state index contributed by atoms with van der Waals surface area (Å²) in [6, 6.07) is 5.98. The van der Waals surface area contributed by atoms with Gasteiger partial charge in [-0.15, -0.1) is 24.0 Å². The third-order valence-corrected chi connectivity index (χ3v) is 4.50. The Morgan fingerprint density at radius 2 is 2.12 bits per heavy atom. The number of phenolic OH excluding ortho intramolecular Hbond substituents is 1. The summed E-state index contributed by atoms with van der Waals surface area (Å²) in [6.07, 6.45) is 2.53. The number of rotatable bonds is 8. The van der Waals surface area contributed by atoms with Gasteiger partial charge in [-0.3, -0.25) is 4.90 Å². The van der Waals surface area contributed by atoms with Gasteiger partial charge in [-0.05, 0) is 57.5 Å². The number of likely N-dealkylation sites (tertiary alicyclic amines) is 1. The molecule has 1 fully saturated rings. The van der Waals surface area contributed by atoms with Gasteiger partial charge in [0.2, 0.25) is 0 Å². The van der Waals surface area contributed by atoms with Crippen LogP contribution in [0.15, 0.2) is 23.2 Å². The first-order valence-electron chi connectivity index (χ1n) is 9.38. The molecule has 1 aromatic rings. The van der Waals surface area contributed by atoms with Crippen molar-refractivity contribution < 1.29 is 9.84 Å². The van der Waals surface area contributed by atoms with E-state index in [9.17, 15) is 5.11 Å².